The van der Waals surface area contributed by atoms with Crippen molar-refractivity contribution in [2.24, 2.45) is 10.7 Å². The maximum absolute atomic E-state index is 11.5. The van der Waals surface area contributed by atoms with Gasteiger partial charge in [0.1, 0.15) is 37.0 Å². The van der Waals surface area contributed by atoms with Gasteiger partial charge in [-0.2, -0.15) is 4.98 Å². The summed E-state index contributed by atoms with van der Waals surface area (Å²) in [6, 6.07) is -0.595. The molecule has 0 spiro atoms. The van der Waals surface area contributed by atoms with Gasteiger partial charge >= 0.3 is 11.7 Å². The van der Waals surface area contributed by atoms with Gasteiger partial charge in [-0.15, -0.1) is 0 Å². The number of nitrogens with two attached hydrogens (primary N) is 2. The van der Waals surface area contributed by atoms with Gasteiger partial charge < -0.3 is 46.1 Å². The van der Waals surface area contributed by atoms with Crippen LogP contribution in [0.5, 0.6) is 0 Å². The first kappa shape index (κ1) is 24.9. The van der Waals surface area contributed by atoms with Gasteiger partial charge in [0.05, 0.1) is 25.7 Å². The zero-order valence-corrected chi connectivity index (χ0v) is 17.2. The maximum Gasteiger partial charge on any atom is 0.354 e. The number of urea groups is 1. The summed E-state index contributed by atoms with van der Waals surface area (Å²) >= 11 is 0. The van der Waals surface area contributed by atoms with E-state index in [2.05, 4.69) is 20.3 Å². The fourth-order valence-electron chi connectivity index (χ4n) is 3.33. The molecule has 0 radical (unpaired) electrons. The molecule has 2 amide bonds. The number of carbonyl (C=O) groups is 1. The van der Waals surface area contributed by atoms with Crippen LogP contribution in [0.1, 0.15) is 12.6 Å². The summed E-state index contributed by atoms with van der Waals surface area (Å²) in [6.45, 7) is -0.761. The summed E-state index contributed by atoms with van der Waals surface area (Å²) in [5, 5.41) is 48.8. The van der Waals surface area contributed by atoms with Crippen molar-refractivity contribution in [1.29, 1.82) is 0 Å². The molecule has 1 unspecified atom stereocenters. The number of aliphatic imine (C=N–C) groups is 1. The average molecular weight is 474 g/mol. The molecule has 8 atom stereocenters. The van der Waals surface area contributed by atoms with Crippen LogP contribution in [-0.4, -0.2) is 114 Å². The molecule has 1 aromatic heterocycles. The highest BCUT2D eigenvalue weighted by Crippen LogP contribution is 2.27. The van der Waals surface area contributed by atoms with Crippen LogP contribution < -0.4 is 22.5 Å². The Balaban J connectivity index is 0.000000186. The lowest BCUT2D eigenvalue weighted by Gasteiger charge is -2.30. The predicted molar refractivity (Wildman–Crippen MR) is 107 cm³/mol. The van der Waals surface area contributed by atoms with Crippen LogP contribution in [-0.2, 0) is 9.47 Å². The Morgan fingerprint density at radius 3 is 2.36 bits per heavy atom. The number of nitrogen functional groups attached to an aromatic ring is 1. The van der Waals surface area contributed by atoms with Gasteiger partial charge in [-0.05, 0) is 0 Å². The van der Waals surface area contributed by atoms with Crippen molar-refractivity contribution in [2.45, 2.75) is 55.7 Å². The lowest BCUT2D eigenvalue weighted by Crippen LogP contribution is -2.57. The zero-order chi connectivity index (χ0) is 24.3. The molecule has 184 valence electrons. The fraction of sp³-hybridized carbons (Fsp3) is 0.688. The Bertz CT molecular complexity index is 916. The molecule has 10 N–H and O–H groups in total. The Hall–Kier alpha value is -2.77. The average Bonchev–Trinajstić information content (AvgIpc) is 3.28. The zero-order valence-electron chi connectivity index (χ0n) is 17.2. The molecular formula is C16H26N8O9. The van der Waals surface area contributed by atoms with Crippen molar-refractivity contribution in [2.75, 3.05) is 18.9 Å². The number of ether oxygens (including phenoxy) is 2. The Kier molecular flexibility index (Phi) is 7.87. The van der Waals surface area contributed by atoms with Gasteiger partial charge in [-0.3, -0.25) is 15.2 Å². The van der Waals surface area contributed by atoms with Crippen molar-refractivity contribution in [3.8, 4) is 0 Å². The highest BCUT2D eigenvalue weighted by atomic mass is 16.6. The third kappa shape index (κ3) is 5.42. The van der Waals surface area contributed by atoms with Gasteiger partial charge in [-0.1, -0.05) is 0 Å². The van der Waals surface area contributed by atoms with Crippen LogP contribution in [0.15, 0.2) is 16.1 Å². The Morgan fingerprint density at radius 2 is 1.82 bits per heavy atom. The van der Waals surface area contributed by atoms with Crippen molar-refractivity contribution in [3.63, 3.8) is 0 Å². The Morgan fingerprint density at radius 1 is 1.12 bits per heavy atom. The van der Waals surface area contributed by atoms with Gasteiger partial charge in [0.25, 0.3) is 0 Å². The molecule has 1 aromatic rings. The molecule has 0 saturated carbocycles. The van der Waals surface area contributed by atoms with Crippen molar-refractivity contribution < 1.29 is 39.8 Å². The molecule has 33 heavy (non-hydrogen) atoms. The standard InChI is InChI=1S/C8H14N4O5.C8H12N4O4/c9-7-10-2-12(8(16)11-7)6-5(15)4(14)3(1-13)17-6;9-7-10-3-12(8(15)11-7)6-1-4(14)5(2-13)16-6/h2-7,13-15H,1,9H2,(H,11,16);3-6,13-14H,1-2H2,(H2,9,11,15)/t3-,4-,5-,6-,7?;4-,5+,6+/m10/s1. The summed E-state index contributed by atoms with van der Waals surface area (Å²) in [4.78, 5) is 34.8. The number of anilines is 1. The molecule has 4 heterocycles. The van der Waals surface area contributed by atoms with Crippen LogP contribution in [0.4, 0.5) is 10.7 Å². The van der Waals surface area contributed by atoms with E-state index in [1.165, 1.54) is 6.33 Å². The molecule has 0 aliphatic carbocycles. The summed E-state index contributed by atoms with van der Waals surface area (Å²) in [6.07, 6.45) is -5.07. The first-order chi connectivity index (χ1) is 15.7. The Labute approximate surface area is 185 Å². The van der Waals surface area contributed by atoms with E-state index >= 15 is 0 Å². The molecule has 3 aliphatic rings. The smallest absolute Gasteiger partial charge is 0.354 e. The number of carbonyl (C=O) groups excluding carboxylic acids is 1. The number of amides is 2. The summed E-state index contributed by atoms with van der Waals surface area (Å²) in [5.41, 5.74) is 10.00. The first-order valence-corrected chi connectivity index (χ1v) is 9.81. The van der Waals surface area contributed by atoms with E-state index in [0.29, 0.717) is 0 Å². The van der Waals surface area contributed by atoms with Crippen LogP contribution in [0.3, 0.4) is 0 Å². The van der Waals surface area contributed by atoms with Crippen LogP contribution in [0.25, 0.3) is 0 Å². The third-order valence-electron chi connectivity index (χ3n) is 5.09. The fourth-order valence-corrected chi connectivity index (χ4v) is 3.33. The molecule has 17 heteroatoms. The van der Waals surface area contributed by atoms with Gasteiger partial charge in [0.2, 0.25) is 5.95 Å². The van der Waals surface area contributed by atoms with Crippen LogP contribution in [0, 0.1) is 0 Å². The van der Waals surface area contributed by atoms with E-state index < -0.39 is 67.6 Å². The third-order valence-corrected chi connectivity index (χ3v) is 5.09. The quantitative estimate of drug-likeness (QED) is 0.203. The largest absolute Gasteiger partial charge is 0.394 e. The molecule has 0 bridgehead atoms. The number of hydrogen-bond donors (Lipinski definition) is 8. The highest BCUT2D eigenvalue weighted by molar-refractivity contribution is 5.88. The van der Waals surface area contributed by atoms with Crippen molar-refractivity contribution in [1.82, 2.24) is 24.8 Å². The molecule has 2 saturated heterocycles. The number of nitrogens with one attached hydrogen (secondary N) is 1. The van der Waals surface area contributed by atoms with E-state index in [4.69, 9.17) is 31.2 Å². The lowest BCUT2D eigenvalue weighted by molar-refractivity contribution is -0.0583. The monoisotopic (exact) mass is 474 g/mol. The van der Waals surface area contributed by atoms with Crippen molar-refractivity contribution in [3.05, 3.63) is 16.8 Å². The summed E-state index contributed by atoms with van der Waals surface area (Å²) in [5.74, 6) is -0.112. The first-order valence-electron chi connectivity index (χ1n) is 9.81. The lowest BCUT2D eigenvalue weighted by atomic mass is 10.1. The number of nitrogens with zero attached hydrogens (tertiary/aromatic N) is 5. The molecule has 17 nitrogen and oxygen atoms in total. The molecule has 4 rings (SSSR count). The van der Waals surface area contributed by atoms with Crippen molar-refractivity contribution >= 4 is 18.3 Å². The van der Waals surface area contributed by atoms with Gasteiger partial charge in [0.15, 0.2) is 12.5 Å². The number of aliphatic hydroxyl groups excluding tert-OH is 5. The second-order valence-electron chi connectivity index (χ2n) is 7.31. The van der Waals surface area contributed by atoms with E-state index in [1.54, 1.807) is 0 Å². The summed E-state index contributed by atoms with van der Waals surface area (Å²) in [7, 11) is 0. The van der Waals surface area contributed by atoms with E-state index in [0.717, 1.165) is 15.8 Å². The minimum absolute atomic E-state index is 0.112. The van der Waals surface area contributed by atoms with E-state index in [9.17, 15) is 24.9 Å². The minimum Gasteiger partial charge on any atom is -0.394 e. The number of aromatic nitrogens is 3. The minimum atomic E-state index is -1.32. The molecule has 3 aliphatic heterocycles. The van der Waals surface area contributed by atoms with E-state index in [-0.39, 0.29) is 19.0 Å². The predicted octanol–water partition coefficient (Wildman–Crippen LogP) is -5.42. The topological polar surface area (TPSA) is 264 Å². The SMILES string of the molecule is NC1N=CN([C@@H]2O[C@H](CO)[C@@H](O)[C@H]2O)C(=O)N1.Nc1ncn([C@H]2C[C@H](O)[C@@H](CO)O2)c(=O)n1. The maximum atomic E-state index is 11.5. The van der Waals surface area contributed by atoms with Crippen LogP contribution in [0.2, 0.25) is 0 Å². The van der Waals surface area contributed by atoms with Gasteiger partial charge in [-0.25, -0.2) is 19.6 Å². The number of aliphatic hydroxyl groups is 5. The number of hydrogen-bond acceptors (Lipinski definition) is 14. The molecular weight excluding hydrogens is 448 g/mol. The second-order valence-corrected chi connectivity index (χ2v) is 7.31. The second kappa shape index (κ2) is 10.4. The highest BCUT2D eigenvalue weighted by Gasteiger charge is 2.47. The molecule has 2 fully saturated rings. The van der Waals surface area contributed by atoms with Crippen LogP contribution >= 0.6 is 0 Å². The normalized spacial score (nSPS) is 35.8. The van der Waals surface area contributed by atoms with Gasteiger partial charge in [0, 0.05) is 6.42 Å². The van der Waals surface area contributed by atoms with E-state index in [1.807, 2.05) is 0 Å². The number of rotatable bonds is 4. The summed E-state index contributed by atoms with van der Waals surface area (Å²) < 4.78 is 11.6. The molecule has 0 aromatic carbocycles.